The van der Waals surface area contributed by atoms with Gasteiger partial charge in [0.25, 0.3) is 5.56 Å². The molecular weight excluding hydrogens is 352 g/mol. The fourth-order valence-electron chi connectivity index (χ4n) is 3.85. The summed E-state index contributed by atoms with van der Waals surface area (Å²) in [5, 5.41) is 4.27. The Labute approximate surface area is 163 Å². The van der Waals surface area contributed by atoms with E-state index in [1.54, 1.807) is 6.92 Å². The van der Waals surface area contributed by atoms with Gasteiger partial charge < -0.3 is 15.3 Å². The number of H-pyrrole nitrogens is 2. The molecule has 6 nitrogen and oxygen atoms in total. The van der Waals surface area contributed by atoms with Crippen LogP contribution in [-0.2, 0) is 11.2 Å². The minimum atomic E-state index is -0.362. The van der Waals surface area contributed by atoms with Gasteiger partial charge in [0.1, 0.15) is 5.82 Å². The van der Waals surface area contributed by atoms with Gasteiger partial charge >= 0.3 is 0 Å². The second-order valence-electron chi connectivity index (χ2n) is 7.36. The van der Waals surface area contributed by atoms with Crippen LogP contribution in [0.2, 0.25) is 0 Å². The summed E-state index contributed by atoms with van der Waals surface area (Å²) < 4.78 is 0. The van der Waals surface area contributed by atoms with Gasteiger partial charge in [0.05, 0.1) is 11.7 Å². The highest BCUT2D eigenvalue weighted by Gasteiger charge is 2.24. The Hall–Kier alpha value is -3.15. The number of fused-ring (bicyclic) bond motifs is 1. The monoisotopic (exact) mass is 376 g/mol. The lowest BCUT2D eigenvalue weighted by atomic mass is 9.92. The number of hydrogen-bond donors (Lipinski definition) is 3. The van der Waals surface area contributed by atoms with Crippen molar-refractivity contribution in [1.82, 2.24) is 20.3 Å². The fraction of sp³-hybridized carbons (Fsp3) is 0.318. The molecule has 1 amide bonds. The normalized spacial score (nSPS) is 17.5. The molecule has 0 aliphatic heterocycles. The maximum absolute atomic E-state index is 12.9. The second-order valence-corrected chi connectivity index (χ2v) is 7.36. The van der Waals surface area contributed by atoms with Crippen LogP contribution in [0, 0.1) is 12.8 Å². The summed E-state index contributed by atoms with van der Waals surface area (Å²) in [5.74, 6) is 0.536. The van der Waals surface area contributed by atoms with Crippen molar-refractivity contribution in [3.63, 3.8) is 0 Å². The number of hydrogen-bond acceptors (Lipinski definition) is 3. The second kappa shape index (κ2) is 7.84. The fourth-order valence-corrected chi connectivity index (χ4v) is 3.85. The molecule has 6 heteroatoms. The van der Waals surface area contributed by atoms with Crippen molar-refractivity contribution in [2.45, 2.75) is 38.6 Å². The van der Waals surface area contributed by atoms with Gasteiger partial charge in [-0.2, -0.15) is 0 Å². The third kappa shape index (κ3) is 3.91. The highest BCUT2D eigenvalue weighted by atomic mass is 16.2. The zero-order chi connectivity index (χ0) is 19.5. The molecule has 0 radical (unpaired) electrons. The van der Waals surface area contributed by atoms with Crippen LogP contribution in [0.15, 0.2) is 53.5 Å². The summed E-state index contributed by atoms with van der Waals surface area (Å²) in [6.45, 7) is 1.75. The Kier molecular flexibility index (Phi) is 5.10. The first-order valence-corrected chi connectivity index (χ1v) is 9.68. The van der Waals surface area contributed by atoms with E-state index in [9.17, 15) is 9.59 Å². The van der Waals surface area contributed by atoms with Crippen molar-refractivity contribution in [3.8, 4) is 0 Å². The minimum Gasteiger partial charge on any atom is -0.361 e. The third-order valence-corrected chi connectivity index (χ3v) is 5.29. The van der Waals surface area contributed by atoms with Gasteiger partial charge in [-0.3, -0.25) is 9.59 Å². The van der Waals surface area contributed by atoms with E-state index in [0.717, 1.165) is 35.7 Å². The highest BCUT2D eigenvalue weighted by Crippen LogP contribution is 2.25. The van der Waals surface area contributed by atoms with Crippen LogP contribution >= 0.6 is 0 Å². The summed E-state index contributed by atoms with van der Waals surface area (Å²) in [7, 11) is 0. The summed E-state index contributed by atoms with van der Waals surface area (Å²) in [6, 6.07) is 9.18. The number of rotatable bonds is 5. The third-order valence-electron chi connectivity index (χ3n) is 5.29. The van der Waals surface area contributed by atoms with Crippen molar-refractivity contribution in [2.24, 2.45) is 5.92 Å². The molecule has 1 aliphatic rings. The Morgan fingerprint density at radius 3 is 2.96 bits per heavy atom. The number of nitrogens with one attached hydrogen (secondary N) is 3. The van der Waals surface area contributed by atoms with E-state index >= 15 is 0 Å². The molecule has 1 aromatic carbocycles. The summed E-state index contributed by atoms with van der Waals surface area (Å²) >= 11 is 0. The number of para-hydroxylation sites is 1. The lowest BCUT2D eigenvalue weighted by molar-refractivity contribution is -0.126. The minimum absolute atomic E-state index is 0.0222. The average molecular weight is 376 g/mol. The molecule has 0 saturated carbocycles. The molecule has 2 heterocycles. The van der Waals surface area contributed by atoms with Crippen molar-refractivity contribution in [3.05, 3.63) is 76.1 Å². The van der Waals surface area contributed by atoms with Crippen LogP contribution in [0.5, 0.6) is 0 Å². The number of aromatic nitrogens is 3. The van der Waals surface area contributed by atoms with Gasteiger partial charge in [-0.05, 0) is 37.8 Å². The predicted molar refractivity (Wildman–Crippen MR) is 109 cm³/mol. The lowest BCUT2D eigenvalue weighted by Crippen LogP contribution is -2.36. The summed E-state index contributed by atoms with van der Waals surface area (Å²) in [5.41, 5.74) is 2.52. The highest BCUT2D eigenvalue weighted by molar-refractivity contribution is 5.83. The maximum atomic E-state index is 12.9. The van der Waals surface area contributed by atoms with Crippen molar-refractivity contribution < 1.29 is 4.79 Å². The van der Waals surface area contributed by atoms with Crippen LogP contribution < -0.4 is 10.9 Å². The topological polar surface area (TPSA) is 90.6 Å². The Morgan fingerprint density at radius 2 is 2.18 bits per heavy atom. The molecule has 1 aliphatic carbocycles. The molecule has 0 bridgehead atoms. The Morgan fingerprint density at radius 1 is 1.32 bits per heavy atom. The number of carbonyl (C=O) groups excluding carboxylic acids is 1. The summed E-state index contributed by atoms with van der Waals surface area (Å²) in [4.78, 5) is 35.3. The molecule has 0 fully saturated rings. The first kappa shape index (κ1) is 18.2. The quantitative estimate of drug-likeness (QED) is 0.597. The molecule has 0 unspecified atom stereocenters. The first-order chi connectivity index (χ1) is 13.6. The maximum Gasteiger partial charge on any atom is 0.251 e. The first-order valence-electron chi connectivity index (χ1n) is 9.68. The van der Waals surface area contributed by atoms with Crippen LogP contribution in [0.3, 0.4) is 0 Å². The van der Waals surface area contributed by atoms with Crippen LogP contribution in [0.4, 0.5) is 0 Å². The summed E-state index contributed by atoms with van der Waals surface area (Å²) in [6.07, 6.45) is 9.25. The van der Waals surface area contributed by atoms with E-state index in [0.29, 0.717) is 17.9 Å². The van der Waals surface area contributed by atoms with Gasteiger partial charge in [-0.15, -0.1) is 0 Å². The zero-order valence-corrected chi connectivity index (χ0v) is 15.9. The SMILES string of the molecule is Cc1nc([C@H](Cc2c[nH]c3ccccc23)NC(=O)[C@H]2CC=CCC2)cc(=O)[nH]1. The molecule has 0 spiro atoms. The van der Waals surface area contributed by atoms with Crippen LogP contribution in [-0.4, -0.2) is 20.9 Å². The van der Waals surface area contributed by atoms with Crippen molar-refractivity contribution in [2.75, 3.05) is 0 Å². The lowest BCUT2D eigenvalue weighted by Gasteiger charge is -2.23. The number of benzene rings is 1. The van der Waals surface area contributed by atoms with Gasteiger partial charge in [0, 0.05) is 35.5 Å². The molecule has 3 aromatic rings. The number of amides is 1. The van der Waals surface area contributed by atoms with E-state index in [1.165, 1.54) is 6.07 Å². The zero-order valence-electron chi connectivity index (χ0n) is 15.9. The molecule has 28 heavy (non-hydrogen) atoms. The van der Waals surface area contributed by atoms with Gasteiger partial charge in [-0.1, -0.05) is 30.4 Å². The van der Waals surface area contributed by atoms with Crippen molar-refractivity contribution >= 4 is 16.8 Å². The smallest absolute Gasteiger partial charge is 0.251 e. The molecule has 4 rings (SSSR count). The molecule has 3 N–H and O–H groups in total. The van der Waals surface area contributed by atoms with Crippen LogP contribution in [0.1, 0.15) is 42.4 Å². The Bertz CT molecular complexity index is 1080. The van der Waals surface area contributed by atoms with E-state index in [1.807, 2.05) is 24.4 Å². The predicted octanol–water partition coefficient (Wildman–Crippen LogP) is 3.32. The van der Waals surface area contributed by atoms with Gasteiger partial charge in [0.2, 0.25) is 5.91 Å². The number of nitrogens with zero attached hydrogens (tertiary/aromatic N) is 1. The van der Waals surface area contributed by atoms with E-state index in [4.69, 9.17) is 0 Å². The number of aryl methyl sites for hydroxylation is 1. The number of carbonyl (C=O) groups is 1. The molecule has 0 saturated heterocycles. The van der Waals surface area contributed by atoms with E-state index < -0.39 is 0 Å². The standard InChI is InChI=1S/C22H24N4O2/c1-14-24-20(12-21(27)25-14)19(26-22(28)15-7-3-2-4-8-15)11-16-13-23-18-10-6-5-9-17(16)18/h2-3,5-6,9-10,12-13,15,19,23H,4,7-8,11H2,1H3,(H,26,28)(H,24,25,27)/t15-,19-/m0/s1. The van der Waals surface area contributed by atoms with Gasteiger partial charge in [0.15, 0.2) is 0 Å². The van der Waals surface area contributed by atoms with Crippen molar-refractivity contribution in [1.29, 1.82) is 0 Å². The molecule has 2 aromatic heterocycles. The largest absolute Gasteiger partial charge is 0.361 e. The Balaban J connectivity index is 1.65. The van der Waals surface area contributed by atoms with E-state index in [-0.39, 0.29) is 23.4 Å². The molecule has 2 atom stereocenters. The molecule has 144 valence electrons. The average Bonchev–Trinajstić information content (AvgIpc) is 3.10. The number of aromatic amines is 2. The van der Waals surface area contributed by atoms with Crippen LogP contribution in [0.25, 0.3) is 10.9 Å². The molecular formula is C22H24N4O2. The van der Waals surface area contributed by atoms with Gasteiger partial charge in [-0.25, -0.2) is 4.98 Å². The van der Waals surface area contributed by atoms with E-state index in [2.05, 4.69) is 38.5 Å². The number of allylic oxidation sites excluding steroid dienone is 2.